The second-order valence-corrected chi connectivity index (χ2v) is 5.92. The van der Waals surface area contributed by atoms with Gasteiger partial charge in [-0.05, 0) is 40.9 Å². The molecule has 0 unspecified atom stereocenters. The Morgan fingerprint density at radius 1 is 1.47 bits per heavy atom. The Balaban J connectivity index is 2.03. The molecule has 0 N–H and O–H groups in total. The van der Waals surface area contributed by atoms with Crippen molar-refractivity contribution in [1.82, 2.24) is 9.97 Å². The highest BCUT2D eigenvalue weighted by molar-refractivity contribution is 9.10. The Bertz CT molecular complexity index is 610. The first-order valence-corrected chi connectivity index (χ1v) is 6.90. The SMILES string of the molecule is N#CC1(c2nccc(-c3cc(Br)cs3)n2)CC1. The molecule has 0 bridgehead atoms. The molecule has 1 saturated carbocycles. The summed E-state index contributed by atoms with van der Waals surface area (Å²) < 4.78 is 1.05. The Hall–Kier alpha value is -1.25. The van der Waals surface area contributed by atoms with Crippen LogP contribution < -0.4 is 0 Å². The first-order chi connectivity index (χ1) is 8.23. The van der Waals surface area contributed by atoms with Crippen LogP contribution in [0.3, 0.4) is 0 Å². The zero-order valence-electron chi connectivity index (χ0n) is 8.85. The average molecular weight is 306 g/mol. The predicted molar refractivity (Wildman–Crippen MR) is 69.6 cm³/mol. The number of aromatic nitrogens is 2. The maximum absolute atomic E-state index is 9.14. The van der Waals surface area contributed by atoms with Crippen molar-refractivity contribution in [3.8, 4) is 16.6 Å². The molecule has 2 heterocycles. The van der Waals surface area contributed by atoms with Crippen LogP contribution in [0.2, 0.25) is 0 Å². The Morgan fingerprint density at radius 2 is 2.29 bits per heavy atom. The molecule has 0 spiro atoms. The van der Waals surface area contributed by atoms with Gasteiger partial charge in [0.1, 0.15) is 11.2 Å². The second kappa shape index (κ2) is 3.90. The normalized spacial score (nSPS) is 16.5. The molecule has 1 fully saturated rings. The van der Waals surface area contributed by atoms with E-state index in [1.807, 2.05) is 17.5 Å². The van der Waals surface area contributed by atoms with Crippen molar-refractivity contribution in [2.45, 2.75) is 18.3 Å². The van der Waals surface area contributed by atoms with Gasteiger partial charge in [0.05, 0.1) is 16.6 Å². The molecule has 0 radical (unpaired) electrons. The summed E-state index contributed by atoms with van der Waals surface area (Å²) in [5.74, 6) is 0.669. The lowest BCUT2D eigenvalue weighted by molar-refractivity contribution is 0.799. The predicted octanol–water partition coefficient (Wildman–Crippen LogP) is 3.52. The van der Waals surface area contributed by atoms with E-state index in [1.165, 1.54) is 0 Å². The molecule has 2 aromatic rings. The summed E-state index contributed by atoms with van der Waals surface area (Å²) in [7, 11) is 0. The molecule has 0 saturated heterocycles. The fourth-order valence-corrected chi connectivity index (χ4v) is 3.08. The van der Waals surface area contributed by atoms with E-state index < -0.39 is 5.41 Å². The van der Waals surface area contributed by atoms with Crippen molar-refractivity contribution in [2.75, 3.05) is 0 Å². The summed E-state index contributed by atoms with van der Waals surface area (Å²) in [6.45, 7) is 0. The molecule has 0 aliphatic heterocycles. The van der Waals surface area contributed by atoms with Gasteiger partial charge in [-0.3, -0.25) is 0 Å². The number of hydrogen-bond donors (Lipinski definition) is 0. The maximum atomic E-state index is 9.14. The topological polar surface area (TPSA) is 49.6 Å². The summed E-state index contributed by atoms with van der Waals surface area (Å²) in [6, 6.07) is 6.24. The third-order valence-corrected chi connectivity index (χ3v) is 4.58. The molecule has 0 aromatic carbocycles. The lowest BCUT2D eigenvalue weighted by Gasteiger charge is -2.04. The number of thiophene rings is 1. The van der Waals surface area contributed by atoms with Gasteiger partial charge >= 0.3 is 0 Å². The number of nitriles is 1. The summed E-state index contributed by atoms with van der Waals surface area (Å²) in [4.78, 5) is 9.85. The van der Waals surface area contributed by atoms with Crippen LogP contribution in [0, 0.1) is 11.3 Å². The highest BCUT2D eigenvalue weighted by Crippen LogP contribution is 2.46. The smallest absolute Gasteiger partial charge is 0.149 e. The van der Waals surface area contributed by atoms with E-state index >= 15 is 0 Å². The van der Waals surface area contributed by atoms with E-state index in [-0.39, 0.29) is 0 Å². The Kier molecular flexibility index (Phi) is 2.49. The van der Waals surface area contributed by atoms with Gasteiger partial charge in [-0.15, -0.1) is 11.3 Å². The van der Waals surface area contributed by atoms with E-state index in [4.69, 9.17) is 5.26 Å². The molecule has 3 nitrogen and oxygen atoms in total. The van der Waals surface area contributed by atoms with Gasteiger partial charge in [-0.25, -0.2) is 9.97 Å². The molecule has 17 heavy (non-hydrogen) atoms. The first kappa shape index (κ1) is 10.9. The number of halogens is 1. The minimum Gasteiger partial charge on any atom is -0.240 e. The van der Waals surface area contributed by atoms with Crippen LogP contribution in [-0.4, -0.2) is 9.97 Å². The Labute approximate surface area is 111 Å². The van der Waals surface area contributed by atoms with Crippen LogP contribution in [0.15, 0.2) is 28.2 Å². The molecule has 1 aliphatic carbocycles. The minimum atomic E-state index is -0.412. The number of nitrogens with zero attached hydrogens (tertiary/aromatic N) is 3. The zero-order valence-corrected chi connectivity index (χ0v) is 11.3. The molecule has 0 atom stereocenters. The Morgan fingerprint density at radius 3 is 2.88 bits per heavy atom. The molecule has 3 rings (SSSR count). The van der Waals surface area contributed by atoms with Crippen LogP contribution in [0.1, 0.15) is 18.7 Å². The molecule has 84 valence electrons. The molecular formula is C12H8BrN3S. The fraction of sp³-hybridized carbons (Fsp3) is 0.250. The van der Waals surface area contributed by atoms with Gasteiger partial charge in [-0.1, -0.05) is 0 Å². The number of hydrogen-bond acceptors (Lipinski definition) is 4. The molecule has 0 amide bonds. The second-order valence-electron chi connectivity index (χ2n) is 4.09. The van der Waals surface area contributed by atoms with Crippen molar-refractivity contribution in [2.24, 2.45) is 0 Å². The minimum absolute atomic E-state index is 0.412. The summed E-state index contributed by atoms with van der Waals surface area (Å²) in [6.07, 6.45) is 3.49. The van der Waals surface area contributed by atoms with Gasteiger partial charge in [-0.2, -0.15) is 5.26 Å². The molecular weight excluding hydrogens is 298 g/mol. The van der Waals surface area contributed by atoms with Crippen LogP contribution in [0.25, 0.3) is 10.6 Å². The summed E-state index contributed by atoms with van der Waals surface area (Å²) in [5, 5.41) is 11.2. The van der Waals surface area contributed by atoms with Gasteiger partial charge < -0.3 is 0 Å². The summed E-state index contributed by atoms with van der Waals surface area (Å²) in [5.41, 5.74) is 0.483. The highest BCUT2D eigenvalue weighted by atomic mass is 79.9. The fourth-order valence-electron chi connectivity index (χ4n) is 1.68. The van der Waals surface area contributed by atoms with Crippen molar-refractivity contribution in [1.29, 1.82) is 5.26 Å². The molecule has 2 aromatic heterocycles. The van der Waals surface area contributed by atoms with Crippen molar-refractivity contribution in [3.05, 3.63) is 34.0 Å². The number of rotatable bonds is 2. The third kappa shape index (κ3) is 1.88. The lowest BCUT2D eigenvalue weighted by Crippen LogP contribution is -2.08. The lowest BCUT2D eigenvalue weighted by atomic mass is 10.1. The quantitative estimate of drug-likeness (QED) is 0.853. The summed E-state index contributed by atoms with van der Waals surface area (Å²) >= 11 is 5.06. The zero-order chi connectivity index (χ0) is 11.9. The van der Waals surface area contributed by atoms with Crippen LogP contribution in [0.5, 0.6) is 0 Å². The van der Waals surface area contributed by atoms with Gasteiger partial charge in [0, 0.05) is 16.0 Å². The van der Waals surface area contributed by atoms with E-state index in [2.05, 4.69) is 32.0 Å². The van der Waals surface area contributed by atoms with Crippen molar-refractivity contribution < 1.29 is 0 Å². The highest BCUT2D eigenvalue weighted by Gasteiger charge is 2.47. The van der Waals surface area contributed by atoms with Crippen molar-refractivity contribution in [3.63, 3.8) is 0 Å². The molecule has 1 aliphatic rings. The van der Waals surface area contributed by atoms with E-state index in [9.17, 15) is 0 Å². The van der Waals surface area contributed by atoms with Gasteiger partial charge in [0.25, 0.3) is 0 Å². The largest absolute Gasteiger partial charge is 0.240 e. The van der Waals surface area contributed by atoms with Gasteiger partial charge in [0.2, 0.25) is 0 Å². The third-order valence-electron chi connectivity index (χ3n) is 2.87. The monoisotopic (exact) mass is 305 g/mol. The van der Waals surface area contributed by atoms with Gasteiger partial charge in [0.15, 0.2) is 0 Å². The first-order valence-electron chi connectivity index (χ1n) is 5.23. The van der Waals surface area contributed by atoms with E-state index in [1.54, 1.807) is 17.5 Å². The van der Waals surface area contributed by atoms with Crippen LogP contribution in [0.4, 0.5) is 0 Å². The maximum Gasteiger partial charge on any atom is 0.149 e. The standard InChI is InChI=1S/C12H8BrN3S/c13-8-5-10(17-6-8)9-1-4-15-11(16-9)12(7-14)2-3-12/h1,4-6H,2-3H2. The van der Waals surface area contributed by atoms with Crippen molar-refractivity contribution >= 4 is 27.3 Å². The van der Waals surface area contributed by atoms with E-state index in [0.29, 0.717) is 5.82 Å². The van der Waals surface area contributed by atoms with Crippen LogP contribution in [-0.2, 0) is 5.41 Å². The average Bonchev–Trinajstić information content (AvgIpc) is 3.06. The molecule has 5 heteroatoms. The van der Waals surface area contributed by atoms with E-state index in [0.717, 1.165) is 27.9 Å². The van der Waals surface area contributed by atoms with Crippen LogP contribution >= 0.6 is 27.3 Å².